The lowest BCUT2D eigenvalue weighted by molar-refractivity contribution is -0.384. The molecule has 2 heterocycles. The van der Waals surface area contributed by atoms with Crippen LogP contribution in [0, 0.1) is 24.0 Å². The van der Waals surface area contributed by atoms with Gasteiger partial charge in [0.2, 0.25) is 0 Å². The summed E-state index contributed by atoms with van der Waals surface area (Å²) in [6.45, 7) is 5.86. The van der Waals surface area contributed by atoms with Crippen molar-refractivity contribution in [1.29, 1.82) is 0 Å². The Kier molecular flexibility index (Phi) is 5.68. The highest BCUT2D eigenvalue weighted by atomic mass is 16.6. The van der Waals surface area contributed by atoms with E-state index in [-0.39, 0.29) is 11.3 Å². The molecule has 1 aliphatic heterocycles. The Labute approximate surface area is 179 Å². The Hall–Kier alpha value is -3.72. The lowest BCUT2D eigenvalue weighted by Gasteiger charge is -2.28. The molecule has 2 aromatic carbocycles. The number of aryl methyl sites for hydroxylation is 1. The van der Waals surface area contributed by atoms with Crippen molar-refractivity contribution in [2.45, 2.75) is 13.8 Å². The molecular formula is C22H23N5O4. The third kappa shape index (κ3) is 4.13. The summed E-state index contributed by atoms with van der Waals surface area (Å²) in [6, 6.07) is 14.2. The molecule has 0 atom stereocenters. The van der Waals surface area contributed by atoms with Gasteiger partial charge in [0, 0.05) is 24.7 Å². The lowest BCUT2D eigenvalue weighted by Crippen LogP contribution is -2.36. The first-order valence-corrected chi connectivity index (χ1v) is 10.00. The number of nitrogens with one attached hydrogen (secondary N) is 1. The Balaban J connectivity index is 1.61. The molecule has 31 heavy (non-hydrogen) atoms. The predicted octanol–water partition coefficient (Wildman–Crippen LogP) is 3.49. The van der Waals surface area contributed by atoms with Crippen molar-refractivity contribution in [3.8, 4) is 5.69 Å². The summed E-state index contributed by atoms with van der Waals surface area (Å²) < 4.78 is 7.08. The van der Waals surface area contributed by atoms with Gasteiger partial charge in [-0.25, -0.2) is 4.68 Å². The number of morpholine rings is 1. The number of hydrogen-bond donors (Lipinski definition) is 1. The first kappa shape index (κ1) is 20.5. The van der Waals surface area contributed by atoms with Gasteiger partial charge in [-0.05, 0) is 38.1 Å². The number of ether oxygens (including phenoxy) is 1. The number of carbonyl (C=O) groups excluding carboxylic acids is 1. The molecule has 1 N–H and O–H groups in total. The van der Waals surface area contributed by atoms with E-state index in [2.05, 4.69) is 10.4 Å². The number of carbonyl (C=O) groups is 1. The van der Waals surface area contributed by atoms with Crippen molar-refractivity contribution in [3.63, 3.8) is 0 Å². The summed E-state index contributed by atoms with van der Waals surface area (Å²) in [5, 5.41) is 19.1. The fourth-order valence-corrected chi connectivity index (χ4v) is 3.71. The van der Waals surface area contributed by atoms with E-state index >= 15 is 0 Å². The fourth-order valence-electron chi connectivity index (χ4n) is 3.71. The van der Waals surface area contributed by atoms with Crippen molar-refractivity contribution in [2.24, 2.45) is 0 Å². The van der Waals surface area contributed by atoms with Crippen LogP contribution < -0.4 is 10.2 Å². The molecule has 0 radical (unpaired) electrons. The van der Waals surface area contributed by atoms with Crippen LogP contribution in [0.1, 0.15) is 21.7 Å². The maximum absolute atomic E-state index is 12.9. The molecule has 0 aliphatic carbocycles. The molecule has 0 spiro atoms. The summed E-state index contributed by atoms with van der Waals surface area (Å²) in [5.74, 6) is -0.421. The maximum atomic E-state index is 12.9. The molecule has 1 saturated heterocycles. The number of nitro groups is 1. The Morgan fingerprint density at radius 3 is 2.52 bits per heavy atom. The van der Waals surface area contributed by atoms with Crippen LogP contribution in [-0.2, 0) is 4.74 Å². The number of para-hydroxylation sites is 1. The van der Waals surface area contributed by atoms with Crippen molar-refractivity contribution in [3.05, 3.63) is 75.6 Å². The number of amides is 1. The maximum Gasteiger partial charge on any atom is 0.293 e. The standard InChI is InChI=1S/C22H23N5O4/c1-15-21(16(2)26(24-15)18-6-4-3-5-7-18)23-22(28)17-8-9-19(20(14-17)27(29)30)25-10-12-31-13-11-25/h3-9,14H,10-13H2,1-2H3,(H,23,28). The molecule has 160 valence electrons. The highest BCUT2D eigenvalue weighted by Gasteiger charge is 2.24. The van der Waals surface area contributed by atoms with Crippen LogP contribution >= 0.6 is 0 Å². The van der Waals surface area contributed by atoms with Crippen LogP contribution in [0.15, 0.2) is 48.5 Å². The van der Waals surface area contributed by atoms with Crippen molar-refractivity contribution < 1.29 is 14.5 Å². The number of anilines is 2. The van der Waals surface area contributed by atoms with Gasteiger partial charge in [-0.15, -0.1) is 0 Å². The molecule has 9 nitrogen and oxygen atoms in total. The highest BCUT2D eigenvalue weighted by molar-refractivity contribution is 6.05. The highest BCUT2D eigenvalue weighted by Crippen LogP contribution is 2.31. The summed E-state index contributed by atoms with van der Waals surface area (Å²) in [4.78, 5) is 26.0. The Morgan fingerprint density at radius 2 is 1.84 bits per heavy atom. The molecular weight excluding hydrogens is 398 g/mol. The molecule has 3 aromatic rings. The quantitative estimate of drug-likeness (QED) is 0.500. The summed E-state index contributed by atoms with van der Waals surface area (Å²) >= 11 is 0. The molecule has 1 fully saturated rings. The monoisotopic (exact) mass is 421 g/mol. The van der Waals surface area contributed by atoms with Crippen molar-refractivity contribution >= 4 is 23.0 Å². The average molecular weight is 421 g/mol. The second-order valence-electron chi connectivity index (χ2n) is 7.31. The first-order chi connectivity index (χ1) is 15.0. The lowest BCUT2D eigenvalue weighted by atomic mass is 10.1. The van der Waals surface area contributed by atoms with Crippen LogP contribution in [-0.4, -0.2) is 46.9 Å². The van der Waals surface area contributed by atoms with Crippen LogP contribution in [0.2, 0.25) is 0 Å². The van der Waals surface area contributed by atoms with Gasteiger partial charge in [-0.3, -0.25) is 14.9 Å². The number of benzene rings is 2. The SMILES string of the molecule is Cc1nn(-c2ccccc2)c(C)c1NC(=O)c1ccc(N2CCOCC2)c([N+](=O)[O-])c1. The molecule has 0 bridgehead atoms. The minimum absolute atomic E-state index is 0.0945. The molecule has 0 saturated carbocycles. The number of rotatable bonds is 5. The Morgan fingerprint density at radius 1 is 1.13 bits per heavy atom. The van der Waals surface area contributed by atoms with Gasteiger partial charge in [-0.2, -0.15) is 5.10 Å². The van der Waals surface area contributed by atoms with Gasteiger partial charge in [0.25, 0.3) is 11.6 Å². The van der Waals surface area contributed by atoms with Gasteiger partial charge >= 0.3 is 0 Å². The zero-order chi connectivity index (χ0) is 22.0. The number of hydrogen-bond acceptors (Lipinski definition) is 6. The van der Waals surface area contributed by atoms with Gasteiger partial charge in [0.15, 0.2) is 0 Å². The van der Waals surface area contributed by atoms with Crippen LogP contribution in [0.4, 0.5) is 17.1 Å². The average Bonchev–Trinajstić information content (AvgIpc) is 3.08. The number of nitrogens with zero attached hydrogens (tertiary/aromatic N) is 4. The normalized spacial score (nSPS) is 13.8. The van der Waals surface area contributed by atoms with Crippen molar-refractivity contribution in [1.82, 2.24) is 9.78 Å². The first-order valence-electron chi connectivity index (χ1n) is 10.00. The molecule has 1 aromatic heterocycles. The van der Waals surface area contributed by atoms with E-state index in [9.17, 15) is 14.9 Å². The minimum Gasteiger partial charge on any atom is -0.378 e. The van der Waals surface area contributed by atoms with Crippen LogP contribution in [0.3, 0.4) is 0 Å². The van der Waals surface area contributed by atoms with Crippen molar-refractivity contribution in [2.75, 3.05) is 36.5 Å². The Bertz CT molecular complexity index is 1120. The molecule has 9 heteroatoms. The van der Waals surface area contributed by atoms with E-state index in [1.165, 1.54) is 6.07 Å². The van der Waals surface area contributed by atoms with E-state index in [1.54, 1.807) is 16.8 Å². The second-order valence-corrected chi connectivity index (χ2v) is 7.31. The number of aromatic nitrogens is 2. The topological polar surface area (TPSA) is 103 Å². The predicted molar refractivity (Wildman–Crippen MR) is 117 cm³/mol. The minimum atomic E-state index is -0.453. The molecule has 0 unspecified atom stereocenters. The van der Waals surface area contributed by atoms with E-state index in [0.717, 1.165) is 11.4 Å². The third-order valence-electron chi connectivity index (χ3n) is 5.32. The van der Waals surface area contributed by atoms with E-state index in [1.807, 2.05) is 49.1 Å². The summed E-state index contributed by atoms with van der Waals surface area (Å²) in [7, 11) is 0. The molecule has 1 amide bonds. The summed E-state index contributed by atoms with van der Waals surface area (Å²) in [6.07, 6.45) is 0. The molecule has 4 rings (SSSR count). The van der Waals surface area contributed by atoms with Gasteiger partial charge in [0.1, 0.15) is 5.69 Å². The van der Waals surface area contributed by atoms with Gasteiger partial charge in [-0.1, -0.05) is 18.2 Å². The third-order valence-corrected chi connectivity index (χ3v) is 5.32. The zero-order valence-electron chi connectivity index (χ0n) is 17.4. The summed E-state index contributed by atoms with van der Waals surface area (Å²) in [5.41, 5.74) is 3.53. The molecule has 1 aliphatic rings. The van der Waals surface area contributed by atoms with E-state index in [4.69, 9.17) is 4.74 Å². The zero-order valence-corrected chi connectivity index (χ0v) is 17.4. The second kappa shape index (κ2) is 8.57. The van der Waals surface area contributed by atoms with Crippen LogP contribution in [0.25, 0.3) is 5.69 Å². The van der Waals surface area contributed by atoms with Crippen LogP contribution in [0.5, 0.6) is 0 Å². The van der Waals surface area contributed by atoms with E-state index in [0.29, 0.717) is 43.4 Å². The van der Waals surface area contributed by atoms with E-state index < -0.39 is 10.8 Å². The fraction of sp³-hybridized carbons (Fsp3) is 0.273. The van der Waals surface area contributed by atoms with Gasteiger partial charge in [0.05, 0.1) is 40.9 Å². The smallest absolute Gasteiger partial charge is 0.293 e. The number of nitro benzene ring substituents is 1. The largest absolute Gasteiger partial charge is 0.378 e. The van der Waals surface area contributed by atoms with Gasteiger partial charge < -0.3 is 15.0 Å².